The summed E-state index contributed by atoms with van der Waals surface area (Å²) in [5.41, 5.74) is 1.21. The summed E-state index contributed by atoms with van der Waals surface area (Å²) in [5.74, 6) is 0. The predicted octanol–water partition coefficient (Wildman–Crippen LogP) is 2.61. The molecule has 0 aliphatic carbocycles. The van der Waals surface area contributed by atoms with Crippen molar-refractivity contribution < 1.29 is 0 Å². The van der Waals surface area contributed by atoms with Gasteiger partial charge in [0, 0.05) is 17.3 Å². The van der Waals surface area contributed by atoms with Crippen LogP contribution in [0.3, 0.4) is 0 Å². The Kier molecular flexibility index (Phi) is 1.69. The lowest BCUT2D eigenvalue weighted by atomic mass is 10.2. The van der Waals surface area contributed by atoms with Gasteiger partial charge >= 0.3 is 0 Å². The Labute approximate surface area is 69.3 Å². The maximum absolute atomic E-state index is 3.95. The zero-order chi connectivity index (χ0) is 7.52. The third-order valence-corrected chi connectivity index (χ3v) is 2.29. The van der Waals surface area contributed by atoms with Gasteiger partial charge in [-0.2, -0.15) is 0 Å². The van der Waals surface area contributed by atoms with E-state index in [0.29, 0.717) is 0 Å². The van der Waals surface area contributed by atoms with Gasteiger partial charge in [0.05, 0.1) is 0 Å². The highest BCUT2D eigenvalue weighted by molar-refractivity contribution is 7.13. The molecule has 53 valence electrons. The molecule has 2 aromatic heterocycles. The van der Waals surface area contributed by atoms with E-state index in [1.165, 1.54) is 10.4 Å². The molecular weight excluding hydrogens is 154 g/mol. The molecule has 1 nitrogen and oxygen atoms in total. The van der Waals surface area contributed by atoms with Crippen LogP contribution >= 0.6 is 11.3 Å². The van der Waals surface area contributed by atoms with Gasteiger partial charge in [0.1, 0.15) is 0 Å². The van der Waals surface area contributed by atoms with Crippen LogP contribution in [0.15, 0.2) is 36.0 Å². The van der Waals surface area contributed by atoms with Crippen molar-refractivity contribution in [2.75, 3.05) is 0 Å². The van der Waals surface area contributed by atoms with Crippen LogP contribution in [0.5, 0.6) is 0 Å². The Bertz CT molecular complexity index is 313. The van der Waals surface area contributed by atoms with E-state index in [4.69, 9.17) is 0 Å². The fourth-order valence-electron chi connectivity index (χ4n) is 0.909. The summed E-state index contributed by atoms with van der Waals surface area (Å²) in [5, 5.41) is 1.95. The number of nitrogens with zero attached hydrogens (tertiary/aromatic N) is 1. The molecule has 1 radical (unpaired) electrons. The van der Waals surface area contributed by atoms with Crippen LogP contribution in [0.1, 0.15) is 0 Å². The summed E-state index contributed by atoms with van der Waals surface area (Å²) in [6, 6.07) is 9.01. The maximum atomic E-state index is 3.95. The van der Waals surface area contributed by atoms with Crippen molar-refractivity contribution >= 4 is 11.3 Å². The smallest absolute Gasteiger partial charge is 0.0350 e. The third-order valence-electron chi connectivity index (χ3n) is 1.43. The molecule has 0 aliphatic heterocycles. The molecule has 0 saturated heterocycles. The number of hydrogen-bond donors (Lipinski definition) is 0. The molecule has 0 bridgehead atoms. The Morgan fingerprint density at radius 2 is 2.09 bits per heavy atom. The lowest BCUT2D eigenvalue weighted by molar-refractivity contribution is 1.33. The first-order valence-corrected chi connectivity index (χ1v) is 4.20. The second-order valence-electron chi connectivity index (χ2n) is 2.15. The molecule has 0 N–H and O–H groups in total. The van der Waals surface area contributed by atoms with Crippen LogP contribution in [0, 0.1) is 6.07 Å². The number of aromatic nitrogens is 1. The van der Waals surface area contributed by atoms with E-state index in [1.807, 2.05) is 23.6 Å². The molecular formula is C9H6NS. The fraction of sp³-hybridized carbons (Fsp3) is 0. The Morgan fingerprint density at radius 1 is 1.27 bits per heavy atom. The van der Waals surface area contributed by atoms with Gasteiger partial charge < -0.3 is 0 Å². The molecule has 2 aromatic rings. The number of pyridine rings is 1. The first-order valence-electron chi connectivity index (χ1n) is 3.32. The lowest BCUT2D eigenvalue weighted by Gasteiger charge is -1.92. The third kappa shape index (κ3) is 1.30. The van der Waals surface area contributed by atoms with Crippen molar-refractivity contribution in [1.82, 2.24) is 4.98 Å². The summed E-state index contributed by atoms with van der Waals surface area (Å²) in [6.07, 6.45) is 3.60. The van der Waals surface area contributed by atoms with E-state index >= 15 is 0 Å². The van der Waals surface area contributed by atoms with Gasteiger partial charge in [-0.1, -0.05) is 0 Å². The summed E-state index contributed by atoms with van der Waals surface area (Å²) in [4.78, 5) is 5.19. The van der Waals surface area contributed by atoms with E-state index in [0.717, 1.165) is 0 Å². The van der Waals surface area contributed by atoms with Crippen LogP contribution in [0.4, 0.5) is 0 Å². The van der Waals surface area contributed by atoms with E-state index in [2.05, 4.69) is 11.1 Å². The minimum Gasteiger partial charge on any atom is -0.265 e. The minimum atomic E-state index is 1.21. The van der Waals surface area contributed by atoms with Crippen molar-refractivity contribution in [2.24, 2.45) is 0 Å². The highest BCUT2D eigenvalue weighted by Gasteiger charge is 1.94. The highest BCUT2D eigenvalue weighted by Crippen LogP contribution is 2.22. The SMILES string of the molecule is [c]1csc(-c2ccncc2)c1. The summed E-state index contributed by atoms with van der Waals surface area (Å²) >= 11 is 1.69. The predicted molar refractivity (Wildman–Crippen MR) is 46.4 cm³/mol. The molecule has 0 amide bonds. The second kappa shape index (κ2) is 2.84. The zero-order valence-corrected chi connectivity index (χ0v) is 6.64. The number of rotatable bonds is 1. The molecule has 0 saturated carbocycles. The van der Waals surface area contributed by atoms with Crippen LogP contribution in [-0.4, -0.2) is 4.98 Å². The average Bonchev–Trinajstić information content (AvgIpc) is 2.58. The van der Waals surface area contributed by atoms with Gasteiger partial charge in [0.2, 0.25) is 0 Å². The molecule has 11 heavy (non-hydrogen) atoms. The van der Waals surface area contributed by atoms with Gasteiger partial charge in [0.15, 0.2) is 0 Å². The molecule has 0 aliphatic rings. The zero-order valence-electron chi connectivity index (χ0n) is 5.82. The van der Waals surface area contributed by atoms with Crippen molar-refractivity contribution in [1.29, 1.82) is 0 Å². The van der Waals surface area contributed by atoms with E-state index in [9.17, 15) is 0 Å². The summed E-state index contributed by atoms with van der Waals surface area (Å²) in [6.45, 7) is 0. The van der Waals surface area contributed by atoms with Crippen molar-refractivity contribution in [3.63, 3.8) is 0 Å². The molecule has 0 spiro atoms. The van der Waals surface area contributed by atoms with Crippen LogP contribution in [-0.2, 0) is 0 Å². The van der Waals surface area contributed by atoms with Gasteiger partial charge in [-0.15, -0.1) is 11.3 Å². The molecule has 0 atom stereocenters. The number of hydrogen-bond acceptors (Lipinski definition) is 2. The second-order valence-corrected chi connectivity index (χ2v) is 3.06. The van der Waals surface area contributed by atoms with Gasteiger partial charge in [-0.05, 0) is 35.2 Å². The lowest BCUT2D eigenvalue weighted by Crippen LogP contribution is -1.71. The van der Waals surface area contributed by atoms with Crippen LogP contribution < -0.4 is 0 Å². The Balaban J connectivity index is 2.46. The molecule has 0 aromatic carbocycles. The maximum Gasteiger partial charge on any atom is 0.0350 e. The highest BCUT2D eigenvalue weighted by atomic mass is 32.1. The molecule has 0 fully saturated rings. The average molecular weight is 160 g/mol. The molecule has 2 rings (SSSR count). The van der Waals surface area contributed by atoms with Gasteiger partial charge in [0.25, 0.3) is 0 Å². The topological polar surface area (TPSA) is 12.9 Å². The molecule has 2 heterocycles. The van der Waals surface area contributed by atoms with Crippen LogP contribution in [0.25, 0.3) is 10.4 Å². The summed E-state index contributed by atoms with van der Waals surface area (Å²) in [7, 11) is 0. The normalized spacial score (nSPS) is 9.82. The molecule has 0 unspecified atom stereocenters. The first kappa shape index (κ1) is 6.55. The first-order chi connectivity index (χ1) is 5.47. The molecule has 2 heteroatoms. The van der Waals surface area contributed by atoms with Crippen molar-refractivity contribution in [3.05, 3.63) is 42.0 Å². The van der Waals surface area contributed by atoms with E-state index in [1.54, 1.807) is 23.7 Å². The quantitative estimate of drug-likeness (QED) is 0.625. The Hall–Kier alpha value is -1.15. The van der Waals surface area contributed by atoms with Crippen molar-refractivity contribution in [3.8, 4) is 10.4 Å². The van der Waals surface area contributed by atoms with Crippen LogP contribution in [0.2, 0.25) is 0 Å². The van der Waals surface area contributed by atoms with E-state index in [-0.39, 0.29) is 0 Å². The minimum absolute atomic E-state index is 1.21. The van der Waals surface area contributed by atoms with E-state index < -0.39 is 0 Å². The number of thiophene rings is 1. The van der Waals surface area contributed by atoms with Crippen molar-refractivity contribution in [2.45, 2.75) is 0 Å². The largest absolute Gasteiger partial charge is 0.265 e. The standard InChI is InChI=1S/C9H6NS/c1-2-9(11-7-1)8-3-5-10-6-4-8/h2-7H. The fourth-order valence-corrected chi connectivity index (χ4v) is 1.58. The summed E-state index contributed by atoms with van der Waals surface area (Å²) < 4.78 is 0. The van der Waals surface area contributed by atoms with Gasteiger partial charge in [-0.3, -0.25) is 4.98 Å². The monoisotopic (exact) mass is 160 g/mol. The van der Waals surface area contributed by atoms with Gasteiger partial charge in [-0.25, -0.2) is 0 Å². The Morgan fingerprint density at radius 3 is 2.73 bits per heavy atom.